The lowest BCUT2D eigenvalue weighted by Gasteiger charge is -2.08. The number of amides is 2. The molecular weight excluding hydrogens is 345 g/mol. The first-order valence-corrected chi connectivity index (χ1v) is 8.78. The molecule has 2 aromatic rings. The summed E-state index contributed by atoms with van der Waals surface area (Å²) in [6.45, 7) is 4.20. The number of carbonyl (C=O) groups excluding carboxylic acids is 2. The van der Waals surface area contributed by atoms with E-state index in [0.717, 1.165) is 0 Å². The second-order valence-corrected chi connectivity index (χ2v) is 6.35. The Kier molecular flexibility index (Phi) is 6.51. The number of primary amides is 1. The predicted octanol–water partition coefficient (Wildman–Crippen LogP) is 1.89. The summed E-state index contributed by atoms with van der Waals surface area (Å²) in [6, 6.07) is 4.54. The van der Waals surface area contributed by atoms with Crippen LogP contribution in [0, 0.1) is 12.7 Å². The molecule has 2 amide bonds. The molecule has 0 aliphatic rings. The summed E-state index contributed by atoms with van der Waals surface area (Å²) in [5, 5.41) is 11.3. The molecule has 2 rings (SSSR count). The quantitative estimate of drug-likeness (QED) is 0.696. The van der Waals surface area contributed by atoms with Crippen LogP contribution in [-0.2, 0) is 22.6 Å². The van der Waals surface area contributed by atoms with Crippen LogP contribution in [0.4, 0.5) is 10.1 Å². The number of nitrogens with two attached hydrogens (primary N) is 1. The summed E-state index contributed by atoms with van der Waals surface area (Å²) in [6.07, 6.45) is 0.605. The van der Waals surface area contributed by atoms with Gasteiger partial charge in [-0.2, -0.15) is 0 Å². The molecule has 25 heavy (non-hydrogen) atoms. The molecule has 0 unspecified atom stereocenters. The normalized spacial score (nSPS) is 10.7. The van der Waals surface area contributed by atoms with Gasteiger partial charge in [-0.05, 0) is 31.5 Å². The van der Waals surface area contributed by atoms with Crippen LogP contribution in [0.1, 0.15) is 24.7 Å². The summed E-state index contributed by atoms with van der Waals surface area (Å²) in [4.78, 5) is 22.9. The van der Waals surface area contributed by atoms with Gasteiger partial charge >= 0.3 is 0 Å². The molecule has 0 saturated carbocycles. The second kappa shape index (κ2) is 8.61. The number of halogens is 1. The molecule has 0 radical (unpaired) electrons. The maximum atomic E-state index is 13.5. The van der Waals surface area contributed by atoms with E-state index in [1.165, 1.54) is 17.8 Å². The summed E-state index contributed by atoms with van der Waals surface area (Å²) in [7, 11) is 0. The maximum Gasteiger partial charge on any atom is 0.234 e. The van der Waals surface area contributed by atoms with Crippen LogP contribution in [0.3, 0.4) is 0 Å². The molecule has 0 saturated heterocycles. The van der Waals surface area contributed by atoms with E-state index in [1.807, 2.05) is 11.5 Å². The van der Waals surface area contributed by atoms with E-state index >= 15 is 0 Å². The van der Waals surface area contributed by atoms with Crippen molar-refractivity contribution in [3.63, 3.8) is 0 Å². The van der Waals surface area contributed by atoms with Gasteiger partial charge in [0.15, 0.2) is 5.16 Å². The van der Waals surface area contributed by atoms with Crippen molar-refractivity contribution in [3.8, 4) is 0 Å². The molecule has 0 aliphatic carbocycles. The fraction of sp³-hybridized carbons (Fsp3) is 0.375. The lowest BCUT2D eigenvalue weighted by Crippen LogP contribution is -2.15. The molecule has 0 aliphatic heterocycles. The van der Waals surface area contributed by atoms with Gasteiger partial charge in [0, 0.05) is 25.1 Å². The van der Waals surface area contributed by atoms with Gasteiger partial charge in [-0.15, -0.1) is 10.2 Å². The predicted molar refractivity (Wildman–Crippen MR) is 93.7 cm³/mol. The van der Waals surface area contributed by atoms with Crippen molar-refractivity contribution in [1.82, 2.24) is 14.8 Å². The summed E-state index contributed by atoms with van der Waals surface area (Å²) in [5.41, 5.74) is 6.08. The van der Waals surface area contributed by atoms with E-state index in [2.05, 4.69) is 15.5 Å². The third-order valence-corrected chi connectivity index (χ3v) is 4.46. The van der Waals surface area contributed by atoms with Gasteiger partial charge in [-0.25, -0.2) is 4.39 Å². The Morgan fingerprint density at radius 3 is 2.76 bits per heavy atom. The highest BCUT2D eigenvalue weighted by Gasteiger charge is 2.14. The zero-order valence-corrected chi connectivity index (χ0v) is 14.9. The van der Waals surface area contributed by atoms with Gasteiger partial charge in [0.05, 0.1) is 5.75 Å². The highest BCUT2D eigenvalue weighted by Crippen LogP contribution is 2.19. The highest BCUT2D eigenvalue weighted by atomic mass is 32.2. The lowest BCUT2D eigenvalue weighted by molar-refractivity contribution is -0.118. The number of carbonyl (C=O) groups is 2. The minimum Gasteiger partial charge on any atom is -0.370 e. The molecule has 134 valence electrons. The van der Waals surface area contributed by atoms with Crippen LogP contribution >= 0.6 is 11.8 Å². The number of aryl methyl sites for hydroxylation is 2. The third kappa shape index (κ3) is 5.28. The van der Waals surface area contributed by atoms with Crippen molar-refractivity contribution < 1.29 is 14.0 Å². The summed E-state index contributed by atoms with van der Waals surface area (Å²) >= 11 is 1.23. The first-order chi connectivity index (χ1) is 11.9. The number of hydrogen-bond donors (Lipinski definition) is 2. The van der Waals surface area contributed by atoms with Gasteiger partial charge in [0.25, 0.3) is 0 Å². The number of benzene rings is 1. The van der Waals surface area contributed by atoms with E-state index in [1.54, 1.807) is 19.1 Å². The Labute approximate surface area is 149 Å². The average Bonchev–Trinajstić information content (AvgIpc) is 2.96. The highest BCUT2D eigenvalue weighted by molar-refractivity contribution is 7.99. The number of nitrogens with one attached hydrogen (secondary N) is 1. The molecule has 0 fully saturated rings. The van der Waals surface area contributed by atoms with Crippen LogP contribution in [0.25, 0.3) is 0 Å². The van der Waals surface area contributed by atoms with E-state index in [4.69, 9.17) is 5.73 Å². The minimum absolute atomic E-state index is 0.115. The van der Waals surface area contributed by atoms with Crippen LogP contribution < -0.4 is 11.1 Å². The number of aromatic nitrogens is 3. The van der Waals surface area contributed by atoms with Crippen LogP contribution in [0.5, 0.6) is 0 Å². The van der Waals surface area contributed by atoms with Gasteiger partial charge < -0.3 is 15.6 Å². The Hall–Kier alpha value is -2.42. The number of thioether (sulfide) groups is 1. The first-order valence-electron chi connectivity index (χ1n) is 7.80. The Morgan fingerprint density at radius 2 is 2.12 bits per heavy atom. The number of anilines is 1. The van der Waals surface area contributed by atoms with Crippen LogP contribution in [-0.4, -0.2) is 32.3 Å². The fourth-order valence-electron chi connectivity index (χ4n) is 2.16. The Bertz CT molecular complexity index is 778. The molecule has 1 aromatic carbocycles. The molecule has 0 bridgehead atoms. The van der Waals surface area contributed by atoms with Crippen molar-refractivity contribution in [1.29, 1.82) is 0 Å². The summed E-state index contributed by atoms with van der Waals surface area (Å²) in [5.74, 6) is -0.258. The van der Waals surface area contributed by atoms with E-state index in [-0.39, 0.29) is 23.9 Å². The fourth-order valence-corrected chi connectivity index (χ4v) is 2.98. The molecule has 3 N–H and O–H groups in total. The SMILES string of the molecule is CCn1c(CCC(N)=O)nnc1SCC(=O)Nc1ccc(C)c(F)c1. The number of rotatable bonds is 8. The molecule has 0 atom stereocenters. The molecule has 7 nitrogen and oxygen atoms in total. The van der Waals surface area contributed by atoms with Gasteiger partial charge in [-0.1, -0.05) is 17.8 Å². The third-order valence-electron chi connectivity index (χ3n) is 3.49. The monoisotopic (exact) mass is 365 g/mol. The molecule has 9 heteroatoms. The molecule has 1 heterocycles. The molecular formula is C16H20FN5O2S. The average molecular weight is 365 g/mol. The van der Waals surface area contributed by atoms with Gasteiger partial charge in [0.2, 0.25) is 11.8 Å². The van der Waals surface area contributed by atoms with E-state index in [0.29, 0.717) is 35.2 Å². The zero-order chi connectivity index (χ0) is 18.4. The maximum absolute atomic E-state index is 13.5. The van der Waals surface area contributed by atoms with Crippen molar-refractivity contribution in [3.05, 3.63) is 35.4 Å². The van der Waals surface area contributed by atoms with Crippen LogP contribution in [0.15, 0.2) is 23.4 Å². The minimum atomic E-state index is -0.399. The van der Waals surface area contributed by atoms with Crippen molar-refractivity contribution in [2.45, 2.75) is 38.4 Å². The topological polar surface area (TPSA) is 103 Å². The largest absolute Gasteiger partial charge is 0.370 e. The molecule has 1 aromatic heterocycles. The standard InChI is InChI=1S/C16H20FN5O2S/c1-3-22-14(7-6-13(18)23)20-21-16(22)25-9-15(24)19-11-5-4-10(2)12(17)8-11/h4-5,8H,3,6-7,9H2,1-2H3,(H2,18,23)(H,19,24). The Balaban J connectivity index is 1.94. The second-order valence-electron chi connectivity index (χ2n) is 5.41. The number of hydrogen-bond acceptors (Lipinski definition) is 5. The first kappa shape index (κ1) is 18.9. The van der Waals surface area contributed by atoms with Crippen molar-refractivity contribution in [2.24, 2.45) is 5.73 Å². The lowest BCUT2D eigenvalue weighted by atomic mass is 10.2. The van der Waals surface area contributed by atoms with Gasteiger partial charge in [0.1, 0.15) is 11.6 Å². The van der Waals surface area contributed by atoms with Gasteiger partial charge in [-0.3, -0.25) is 9.59 Å². The zero-order valence-electron chi connectivity index (χ0n) is 14.1. The van der Waals surface area contributed by atoms with Crippen molar-refractivity contribution >= 4 is 29.3 Å². The van der Waals surface area contributed by atoms with Crippen LogP contribution in [0.2, 0.25) is 0 Å². The number of nitrogens with zero attached hydrogens (tertiary/aromatic N) is 3. The molecule has 0 spiro atoms. The van der Waals surface area contributed by atoms with E-state index in [9.17, 15) is 14.0 Å². The van der Waals surface area contributed by atoms with E-state index < -0.39 is 5.91 Å². The summed E-state index contributed by atoms with van der Waals surface area (Å²) < 4.78 is 15.3. The Morgan fingerprint density at radius 1 is 1.36 bits per heavy atom. The smallest absolute Gasteiger partial charge is 0.234 e. The van der Waals surface area contributed by atoms with Crippen molar-refractivity contribution in [2.75, 3.05) is 11.1 Å².